The number of hydrogen-bond donors (Lipinski definition) is 1. The summed E-state index contributed by atoms with van der Waals surface area (Å²) < 4.78 is 5.10. The van der Waals surface area contributed by atoms with E-state index in [1.807, 2.05) is 43.0 Å². The van der Waals surface area contributed by atoms with Crippen molar-refractivity contribution in [1.82, 2.24) is 0 Å². The standard InChI is InChI=1S/C16H26N2O2/c1-13(12-20-3)11-16(19)18(10-6-9-17)15-8-5-4-7-14(15)2/h4-5,7-8,13H,6,9-12,17H2,1-3H3. The molecule has 0 aliphatic heterocycles. The van der Waals surface area contributed by atoms with Crippen molar-refractivity contribution >= 4 is 11.6 Å². The Morgan fingerprint density at radius 1 is 1.40 bits per heavy atom. The van der Waals surface area contributed by atoms with Crippen LogP contribution in [0.4, 0.5) is 5.69 Å². The fraction of sp³-hybridized carbons (Fsp3) is 0.562. The van der Waals surface area contributed by atoms with Gasteiger partial charge in [0.1, 0.15) is 0 Å². The molecule has 1 atom stereocenters. The van der Waals surface area contributed by atoms with Crippen LogP contribution < -0.4 is 10.6 Å². The summed E-state index contributed by atoms with van der Waals surface area (Å²) in [6.45, 7) is 5.91. The van der Waals surface area contributed by atoms with Crippen LogP contribution in [0.5, 0.6) is 0 Å². The highest BCUT2D eigenvalue weighted by Crippen LogP contribution is 2.21. The van der Waals surface area contributed by atoms with E-state index in [4.69, 9.17) is 10.5 Å². The summed E-state index contributed by atoms with van der Waals surface area (Å²) in [5.74, 6) is 0.356. The molecule has 0 aliphatic rings. The summed E-state index contributed by atoms with van der Waals surface area (Å²) in [6, 6.07) is 7.96. The van der Waals surface area contributed by atoms with Crippen molar-refractivity contribution in [3.63, 3.8) is 0 Å². The van der Waals surface area contributed by atoms with E-state index in [2.05, 4.69) is 0 Å². The molecule has 0 heterocycles. The summed E-state index contributed by atoms with van der Waals surface area (Å²) in [4.78, 5) is 14.4. The van der Waals surface area contributed by atoms with E-state index in [1.165, 1.54) is 0 Å². The van der Waals surface area contributed by atoms with Crippen LogP contribution in [0, 0.1) is 12.8 Å². The van der Waals surface area contributed by atoms with Crippen LogP contribution in [0.3, 0.4) is 0 Å². The molecule has 4 nitrogen and oxygen atoms in total. The smallest absolute Gasteiger partial charge is 0.227 e. The molecule has 4 heteroatoms. The van der Waals surface area contributed by atoms with E-state index >= 15 is 0 Å². The predicted octanol–water partition coefficient (Wildman–Crippen LogP) is 2.35. The number of hydrogen-bond acceptors (Lipinski definition) is 3. The summed E-state index contributed by atoms with van der Waals surface area (Å²) in [7, 11) is 1.66. The van der Waals surface area contributed by atoms with Gasteiger partial charge in [0, 0.05) is 32.4 Å². The van der Waals surface area contributed by atoms with Gasteiger partial charge in [-0.3, -0.25) is 4.79 Å². The van der Waals surface area contributed by atoms with Crippen molar-refractivity contribution in [2.45, 2.75) is 26.7 Å². The summed E-state index contributed by atoms with van der Waals surface area (Å²) in [6.07, 6.45) is 1.30. The van der Waals surface area contributed by atoms with Crippen LogP contribution >= 0.6 is 0 Å². The molecule has 0 spiro atoms. The number of methoxy groups -OCH3 is 1. The van der Waals surface area contributed by atoms with Crippen molar-refractivity contribution in [2.24, 2.45) is 11.7 Å². The molecule has 2 N–H and O–H groups in total. The lowest BCUT2D eigenvalue weighted by atomic mass is 10.1. The van der Waals surface area contributed by atoms with E-state index in [0.717, 1.165) is 17.7 Å². The number of carbonyl (C=O) groups excluding carboxylic acids is 1. The third kappa shape index (κ3) is 4.94. The number of para-hydroxylation sites is 1. The van der Waals surface area contributed by atoms with E-state index in [1.54, 1.807) is 7.11 Å². The van der Waals surface area contributed by atoms with Crippen molar-refractivity contribution in [1.29, 1.82) is 0 Å². The highest BCUT2D eigenvalue weighted by atomic mass is 16.5. The zero-order valence-electron chi connectivity index (χ0n) is 12.8. The Kier molecular flexibility index (Phi) is 7.26. The quantitative estimate of drug-likeness (QED) is 0.794. The number of ether oxygens (including phenoxy) is 1. The van der Waals surface area contributed by atoms with Gasteiger partial charge in [0.15, 0.2) is 0 Å². The van der Waals surface area contributed by atoms with Crippen molar-refractivity contribution in [3.05, 3.63) is 29.8 Å². The third-order valence-electron chi connectivity index (χ3n) is 3.27. The molecule has 1 aromatic rings. The molecule has 0 aliphatic carbocycles. The van der Waals surface area contributed by atoms with Gasteiger partial charge in [-0.05, 0) is 37.4 Å². The van der Waals surface area contributed by atoms with Gasteiger partial charge in [0.05, 0.1) is 0 Å². The van der Waals surface area contributed by atoms with Crippen LogP contribution in [0.2, 0.25) is 0 Å². The Morgan fingerprint density at radius 3 is 2.70 bits per heavy atom. The molecule has 0 saturated heterocycles. The SMILES string of the molecule is COCC(C)CC(=O)N(CCCN)c1ccccc1C. The first-order valence-electron chi connectivity index (χ1n) is 7.15. The number of aryl methyl sites for hydroxylation is 1. The summed E-state index contributed by atoms with van der Waals surface area (Å²) in [5.41, 5.74) is 7.67. The van der Waals surface area contributed by atoms with Crippen LogP contribution in [0.25, 0.3) is 0 Å². The zero-order chi connectivity index (χ0) is 15.0. The Bertz CT molecular complexity index is 421. The van der Waals surface area contributed by atoms with Crippen molar-refractivity contribution in [3.8, 4) is 0 Å². The lowest BCUT2D eigenvalue weighted by molar-refractivity contribution is -0.119. The topological polar surface area (TPSA) is 55.6 Å². The molecule has 1 unspecified atom stereocenters. The maximum atomic E-state index is 12.5. The molecule has 1 rings (SSSR count). The Balaban J connectivity index is 2.83. The number of nitrogens with zero attached hydrogens (tertiary/aromatic N) is 1. The number of anilines is 1. The van der Waals surface area contributed by atoms with Crippen molar-refractivity contribution < 1.29 is 9.53 Å². The molecule has 20 heavy (non-hydrogen) atoms. The Hall–Kier alpha value is -1.39. The van der Waals surface area contributed by atoms with E-state index in [-0.39, 0.29) is 11.8 Å². The largest absolute Gasteiger partial charge is 0.384 e. The molecule has 1 amide bonds. The molecule has 0 bridgehead atoms. The molecule has 0 aromatic heterocycles. The normalized spacial score (nSPS) is 12.2. The first-order valence-corrected chi connectivity index (χ1v) is 7.15. The van der Waals surface area contributed by atoms with E-state index < -0.39 is 0 Å². The molecule has 1 aromatic carbocycles. The third-order valence-corrected chi connectivity index (χ3v) is 3.27. The number of carbonyl (C=O) groups is 1. The maximum Gasteiger partial charge on any atom is 0.227 e. The zero-order valence-corrected chi connectivity index (χ0v) is 12.8. The first kappa shape index (κ1) is 16.7. The minimum Gasteiger partial charge on any atom is -0.384 e. The Labute approximate surface area is 121 Å². The summed E-state index contributed by atoms with van der Waals surface area (Å²) in [5, 5.41) is 0. The second-order valence-corrected chi connectivity index (χ2v) is 5.24. The lowest BCUT2D eigenvalue weighted by Crippen LogP contribution is -2.34. The number of benzene rings is 1. The maximum absolute atomic E-state index is 12.5. The molecular formula is C16H26N2O2. The average Bonchev–Trinajstić information content (AvgIpc) is 2.41. The van der Waals surface area contributed by atoms with E-state index in [9.17, 15) is 4.79 Å². The van der Waals surface area contributed by atoms with Crippen LogP contribution in [0.1, 0.15) is 25.3 Å². The van der Waals surface area contributed by atoms with Gasteiger partial charge in [-0.1, -0.05) is 25.1 Å². The molecule has 0 fully saturated rings. The predicted molar refractivity (Wildman–Crippen MR) is 82.9 cm³/mol. The summed E-state index contributed by atoms with van der Waals surface area (Å²) >= 11 is 0. The van der Waals surface area contributed by atoms with Gasteiger partial charge >= 0.3 is 0 Å². The van der Waals surface area contributed by atoms with Crippen LogP contribution in [0.15, 0.2) is 24.3 Å². The minimum atomic E-state index is 0.136. The van der Waals surface area contributed by atoms with Crippen molar-refractivity contribution in [2.75, 3.05) is 31.7 Å². The Morgan fingerprint density at radius 2 is 2.10 bits per heavy atom. The average molecular weight is 278 g/mol. The fourth-order valence-electron chi connectivity index (χ4n) is 2.25. The lowest BCUT2D eigenvalue weighted by Gasteiger charge is -2.25. The number of rotatable bonds is 8. The monoisotopic (exact) mass is 278 g/mol. The minimum absolute atomic E-state index is 0.136. The van der Waals surface area contributed by atoms with E-state index in [0.29, 0.717) is 26.1 Å². The van der Waals surface area contributed by atoms with Gasteiger partial charge in [-0.15, -0.1) is 0 Å². The highest BCUT2D eigenvalue weighted by molar-refractivity contribution is 5.94. The number of nitrogens with two attached hydrogens (primary N) is 1. The van der Waals surface area contributed by atoms with Gasteiger partial charge < -0.3 is 15.4 Å². The first-order chi connectivity index (χ1) is 9.60. The second kappa shape index (κ2) is 8.72. The van der Waals surface area contributed by atoms with Gasteiger partial charge in [0.2, 0.25) is 5.91 Å². The fourth-order valence-corrected chi connectivity index (χ4v) is 2.25. The molecule has 0 radical (unpaired) electrons. The van der Waals surface area contributed by atoms with Crippen LogP contribution in [-0.4, -0.2) is 32.7 Å². The second-order valence-electron chi connectivity index (χ2n) is 5.24. The highest BCUT2D eigenvalue weighted by Gasteiger charge is 2.19. The van der Waals surface area contributed by atoms with Gasteiger partial charge in [-0.2, -0.15) is 0 Å². The molecule has 112 valence electrons. The van der Waals surface area contributed by atoms with Gasteiger partial charge in [-0.25, -0.2) is 0 Å². The molecule has 0 saturated carbocycles. The van der Waals surface area contributed by atoms with Gasteiger partial charge in [0.25, 0.3) is 0 Å². The molecular weight excluding hydrogens is 252 g/mol. The number of amides is 1. The van der Waals surface area contributed by atoms with Crippen LogP contribution in [-0.2, 0) is 9.53 Å².